The van der Waals surface area contributed by atoms with Crippen LogP contribution in [0, 0.1) is 0 Å². The maximum absolute atomic E-state index is 12.8. The molecule has 0 spiro atoms. The van der Waals surface area contributed by atoms with Gasteiger partial charge in [0.15, 0.2) is 0 Å². The summed E-state index contributed by atoms with van der Waals surface area (Å²) in [5, 5.41) is 2.86. The quantitative estimate of drug-likeness (QED) is 0.610. The van der Waals surface area contributed by atoms with E-state index in [9.17, 15) is 21.6 Å². The van der Waals surface area contributed by atoms with Crippen LogP contribution in [0.1, 0.15) is 25.0 Å². The van der Waals surface area contributed by atoms with Crippen LogP contribution in [0.25, 0.3) is 0 Å². The van der Waals surface area contributed by atoms with Gasteiger partial charge >= 0.3 is 0 Å². The lowest BCUT2D eigenvalue weighted by Gasteiger charge is -2.23. The zero-order valence-electron chi connectivity index (χ0n) is 18.4. The van der Waals surface area contributed by atoms with Crippen LogP contribution in [-0.2, 0) is 37.7 Å². The molecule has 0 aliphatic rings. The average Bonchev–Trinajstić information content (AvgIpc) is 2.71. The molecule has 8 nitrogen and oxygen atoms in total. The third-order valence-electron chi connectivity index (χ3n) is 4.85. The third-order valence-corrected chi connectivity index (χ3v) is 7.82. The van der Waals surface area contributed by atoms with Gasteiger partial charge in [0.2, 0.25) is 26.0 Å². The van der Waals surface area contributed by atoms with Gasteiger partial charge in [-0.2, -0.15) is 0 Å². The number of nitrogens with zero attached hydrogens (tertiary/aromatic N) is 2. The van der Waals surface area contributed by atoms with E-state index < -0.39 is 32.5 Å². The molecule has 10 heteroatoms. The molecule has 0 aliphatic carbocycles. The van der Waals surface area contributed by atoms with Crippen LogP contribution in [0.3, 0.4) is 0 Å². The SMILES string of the molecule is CCc1cccc(CC)c1NC(=O)CN(c1ccc(S(=O)(=O)N(C)C)cc1)S(C)(=O)=O. The molecule has 170 valence electrons. The van der Waals surface area contributed by atoms with Crippen LogP contribution >= 0.6 is 0 Å². The second-order valence-electron chi connectivity index (χ2n) is 7.26. The van der Waals surface area contributed by atoms with Crippen LogP contribution < -0.4 is 9.62 Å². The minimum absolute atomic E-state index is 0.0311. The monoisotopic (exact) mass is 467 g/mol. The van der Waals surface area contributed by atoms with Crippen molar-refractivity contribution in [3.63, 3.8) is 0 Å². The van der Waals surface area contributed by atoms with Gasteiger partial charge in [-0.25, -0.2) is 21.1 Å². The Morgan fingerprint density at radius 3 is 1.84 bits per heavy atom. The highest BCUT2D eigenvalue weighted by molar-refractivity contribution is 7.92. The summed E-state index contributed by atoms with van der Waals surface area (Å²) >= 11 is 0. The number of para-hydroxylation sites is 1. The first-order chi connectivity index (χ1) is 14.4. The van der Waals surface area contributed by atoms with Gasteiger partial charge in [0.05, 0.1) is 16.8 Å². The van der Waals surface area contributed by atoms with E-state index in [0.29, 0.717) is 5.69 Å². The summed E-state index contributed by atoms with van der Waals surface area (Å²) in [5.74, 6) is -0.481. The van der Waals surface area contributed by atoms with E-state index >= 15 is 0 Å². The topological polar surface area (TPSA) is 104 Å². The van der Waals surface area contributed by atoms with E-state index in [1.807, 2.05) is 32.0 Å². The van der Waals surface area contributed by atoms with E-state index in [-0.39, 0.29) is 10.6 Å². The van der Waals surface area contributed by atoms with Crippen molar-refractivity contribution in [3.05, 3.63) is 53.6 Å². The first kappa shape index (κ1) is 24.8. The molecular formula is C21H29N3O5S2. The Balaban J connectivity index is 2.33. The van der Waals surface area contributed by atoms with Crippen molar-refractivity contribution in [2.75, 3.05) is 36.5 Å². The van der Waals surface area contributed by atoms with Gasteiger partial charge in [-0.05, 0) is 48.2 Å². The van der Waals surface area contributed by atoms with Gasteiger partial charge < -0.3 is 5.32 Å². The normalized spacial score (nSPS) is 12.1. The maximum atomic E-state index is 12.8. The molecule has 0 fully saturated rings. The van der Waals surface area contributed by atoms with Crippen molar-refractivity contribution in [2.45, 2.75) is 31.6 Å². The average molecular weight is 468 g/mol. The Hall–Kier alpha value is -2.43. The van der Waals surface area contributed by atoms with E-state index in [4.69, 9.17) is 0 Å². The van der Waals surface area contributed by atoms with Crippen molar-refractivity contribution in [2.24, 2.45) is 0 Å². The van der Waals surface area contributed by atoms with Gasteiger partial charge in [-0.3, -0.25) is 9.10 Å². The number of hydrogen-bond acceptors (Lipinski definition) is 5. The van der Waals surface area contributed by atoms with Gasteiger partial charge in [0, 0.05) is 19.8 Å². The summed E-state index contributed by atoms with van der Waals surface area (Å²) in [6.45, 7) is 3.53. The molecule has 31 heavy (non-hydrogen) atoms. The van der Waals surface area contributed by atoms with E-state index in [0.717, 1.165) is 38.8 Å². The molecule has 0 saturated carbocycles. The Morgan fingerprint density at radius 2 is 1.42 bits per heavy atom. The van der Waals surface area contributed by atoms with E-state index in [2.05, 4.69) is 5.32 Å². The number of rotatable bonds is 9. The number of benzene rings is 2. The summed E-state index contributed by atoms with van der Waals surface area (Å²) < 4.78 is 51.3. The fourth-order valence-electron chi connectivity index (χ4n) is 3.11. The molecule has 0 atom stereocenters. The van der Waals surface area contributed by atoms with Crippen LogP contribution in [0.2, 0.25) is 0 Å². The first-order valence-corrected chi connectivity index (χ1v) is 13.1. The van der Waals surface area contributed by atoms with Gasteiger partial charge in [-0.15, -0.1) is 0 Å². The fraction of sp³-hybridized carbons (Fsp3) is 0.381. The molecule has 2 aromatic carbocycles. The second kappa shape index (κ2) is 9.80. The Kier molecular flexibility index (Phi) is 7.85. The number of carbonyl (C=O) groups excluding carboxylic acids is 1. The highest BCUT2D eigenvalue weighted by Crippen LogP contribution is 2.24. The zero-order valence-corrected chi connectivity index (χ0v) is 20.0. The molecule has 1 N–H and O–H groups in total. The number of sulfonamides is 2. The number of amides is 1. The summed E-state index contributed by atoms with van der Waals surface area (Å²) in [6.07, 6.45) is 2.45. The van der Waals surface area contributed by atoms with E-state index in [1.54, 1.807) is 0 Å². The van der Waals surface area contributed by atoms with Crippen molar-refractivity contribution >= 4 is 37.3 Å². The predicted octanol–water partition coefficient (Wildman–Crippen LogP) is 2.47. The van der Waals surface area contributed by atoms with Gasteiger partial charge in [-0.1, -0.05) is 32.0 Å². The Morgan fingerprint density at radius 1 is 0.903 bits per heavy atom. The number of nitrogens with one attached hydrogen (secondary N) is 1. The molecule has 2 rings (SSSR count). The summed E-state index contributed by atoms with van der Waals surface area (Å²) in [6, 6.07) is 11.2. The number of carbonyl (C=O) groups is 1. The standard InChI is InChI=1S/C21H29N3O5S2/c1-6-16-9-8-10-17(7-2)21(16)22-20(25)15-24(30(5,26)27)18-11-13-19(14-12-18)31(28,29)23(3)4/h8-14H,6-7,15H2,1-5H3,(H,22,25). The zero-order chi connectivity index (χ0) is 23.4. The summed E-state index contributed by atoms with van der Waals surface area (Å²) in [4.78, 5) is 12.8. The molecule has 0 unspecified atom stereocenters. The summed E-state index contributed by atoms with van der Waals surface area (Å²) in [5.41, 5.74) is 2.85. The fourth-order valence-corrected chi connectivity index (χ4v) is 4.87. The number of hydrogen-bond donors (Lipinski definition) is 1. The highest BCUT2D eigenvalue weighted by Gasteiger charge is 2.23. The molecule has 0 saturated heterocycles. The lowest BCUT2D eigenvalue weighted by Crippen LogP contribution is -2.37. The molecule has 0 bridgehead atoms. The molecule has 0 radical (unpaired) electrons. The molecular weight excluding hydrogens is 438 g/mol. The Bertz CT molecular complexity index is 1120. The van der Waals surface area contributed by atoms with Crippen molar-refractivity contribution < 1.29 is 21.6 Å². The molecule has 2 aromatic rings. The van der Waals surface area contributed by atoms with Crippen LogP contribution in [-0.4, -0.2) is 53.9 Å². The third kappa shape index (κ3) is 5.84. The molecule has 0 heterocycles. The predicted molar refractivity (Wildman–Crippen MR) is 123 cm³/mol. The highest BCUT2D eigenvalue weighted by atomic mass is 32.2. The van der Waals surface area contributed by atoms with Crippen molar-refractivity contribution in [1.82, 2.24) is 4.31 Å². The first-order valence-electron chi connectivity index (χ1n) is 9.82. The van der Waals surface area contributed by atoms with Crippen LogP contribution in [0.5, 0.6) is 0 Å². The van der Waals surface area contributed by atoms with Crippen LogP contribution in [0.4, 0.5) is 11.4 Å². The van der Waals surface area contributed by atoms with Gasteiger partial charge in [0.25, 0.3) is 0 Å². The minimum Gasteiger partial charge on any atom is -0.324 e. The smallest absolute Gasteiger partial charge is 0.245 e. The Labute approximate surface area is 185 Å². The lowest BCUT2D eigenvalue weighted by atomic mass is 10.0. The molecule has 0 aromatic heterocycles. The largest absolute Gasteiger partial charge is 0.324 e. The summed E-state index contributed by atoms with van der Waals surface area (Å²) in [7, 11) is -4.61. The molecule has 1 amide bonds. The van der Waals surface area contributed by atoms with Crippen LogP contribution in [0.15, 0.2) is 47.4 Å². The van der Waals surface area contributed by atoms with Crippen molar-refractivity contribution in [1.29, 1.82) is 0 Å². The number of anilines is 2. The van der Waals surface area contributed by atoms with E-state index in [1.165, 1.54) is 38.4 Å². The molecule has 0 aliphatic heterocycles. The number of aryl methyl sites for hydroxylation is 2. The minimum atomic E-state index is -3.79. The maximum Gasteiger partial charge on any atom is 0.245 e. The van der Waals surface area contributed by atoms with Gasteiger partial charge in [0.1, 0.15) is 6.54 Å². The second-order valence-corrected chi connectivity index (χ2v) is 11.3. The lowest BCUT2D eigenvalue weighted by molar-refractivity contribution is -0.114. The van der Waals surface area contributed by atoms with Crippen molar-refractivity contribution in [3.8, 4) is 0 Å².